The summed E-state index contributed by atoms with van der Waals surface area (Å²) in [7, 11) is 0. The molecule has 0 saturated carbocycles. The summed E-state index contributed by atoms with van der Waals surface area (Å²) >= 11 is 0. The molecule has 2 rings (SSSR count). The van der Waals surface area contributed by atoms with Crippen molar-refractivity contribution in [2.24, 2.45) is 0 Å². The predicted octanol–water partition coefficient (Wildman–Crippen LogP) is 0.0475. The lowest BCUT2D eigenvalue weighted by Crippen LogP contribution is -2.32. The van der Waals surface area contributed by atoms with Gasteiger partial charge in [0.2, 0.25) is 11.8 Å². The van der Waals surface area contributed by atoms with Crippen LogP contribution in [0, 0.1) is 0 Å². The minimum Gasteiger partial charge on any atom is -0.479 e. The van der Waals surface area contributed by atoms with E-state index in [0.717, 1.165) is 5.56 Å². The average molecular weight is 253 g/mol. The van der Waals surface area contributed by atoms with Gasteiger partial charge in [-0.3, -0.25) is 0 Å². The van der Waals surface area contributed by atoms with Crippen LogP contribution in [0.5, 0.6) is 5.88 Å². The molecule has 0 amide bonds. The van der Waals surface area contributed by atoms with Crippen LogP contribution in [-0.2, 0) is 11.2 Å². The van der Waals surface area contributed by atoms with Gasteiger partial charge in [0, 0.05) is 17.8 Å². The lowest BCUT2D eigenvalue weighted by Gasteiger charge is -2.22. The summed E-state index contributed by atoms with van der Waals surface area (Å²) in [4.78, 5) is 19.1. The van der Waals surface area contributed by atoms with E-state index >= 15 is 0 Å². The number of aryl methyl sites for hydroxylation is 1. The Hall–Kier alpha value is -1.89. The van der Waals surface area contributed by atoms with Crippen molar-refractivity contribution < 1.29 is 19.7 Å². The third-order valence-corrected chi connectivity index (χ3v) is 2.68. The van der Waals surface area contributed by atoms with Crippen molar-refractivity contribution in [1.82, 2.24) is 9.97 Å². The molecule has 0 spiro atoms. The van der Waals surface area contributed by atoms with Crippen molar-refractivity contribution in [3.8, 4) is 5.88 Å². The van der Waals surface area contributed by atoms with Gasteiger partial charge in [-0.05, 0) is 19.8 Å². The van der Waals surface area contributed by atoms with Gasteiger partial charge in [-0.2, -0.15) is 4.98 Å². The highest BCUT2D eigenvalue weighted by Gasteiger charge is 2.27. The van der Waals surface area contributed by atoms with Crippen LogP contribution in [-0.4, -0.2) is 44.9 Å². The summed E-state index contributed by atoms with van der Waals surface area (Å²) in [5, 5.41) is 20.7. The highest BCUT2D eigenvalue weighted by Crippen LogP contribution is 2.25. The number of carboxylic acid groups (broad SMARTS) is 1. The van der Waals surface area contributed by atoms with Gasteiger partial charge in [0.15, 0.2) is 6.10 Å². The monoisotopic (exact) mass is 253 g/mol. The number of fused-ring (bicyclic) bond motifs is 1. The van der Waals surface area contributed by atoms with Crippen LogP contribution in [0.4, 0.5) is 5.95 Å². The second-order valence-electron chi connectivity index (χ2n) is 4.24. The molecule has 7 heteroatoms. The highest BCUT2D eigenvalue weighted by atomic mass is 16.5. The summed E-state index contributed by atoms with van der Waals surface area (Å²) in [5.41, 5.74) is 0.801. The molecule has 2 atom stereocenters. The minimum atomic E-state index is -0.988. The van der Waals surface area contributed by atoms with Gasteiger partial charge in [-0.1, -0.05) is 0 Å². The molecule has 0 fully saturated rings. The van der Waals surface area contributed by atoms with E-state index in [1.807, 2.05) is 0 Å². The van der Waals surface area contributed by atoms with Gasteiger partial charge in [0.05, 0.1) is 6.61 Å². The number of rotatable bonds is 4. The number of aliphatic hydroxyl groups is 1. The van der Waals surface area contributed by atoms with Gasteiger partial charge in [-0.15, -0.1) is 0 Å². The van der Waals surface area contributed by atoms with Gasteiger partial charge < -0.3 is 20.3 Å². The zero-order chi connectivity index (χ0) is 13.1. The molecule has 7 nitrogen and oxygen atoms in total. The Morgan fingerprint density at radius 2 is 2.50 bits per heavy atom. The van der Waals surface area contributed by atoms with Gasteiger partial charge in [0.25, 0.3) is 0 Å². The first-order chi connectivity index (χ1) is 8.60. The summed E-state index contributed by atoms with van der Waals surface area (Å²) < 4.78 is 5.30. The van der Waals surface area contributed by atoms with E-state index in [4.69, 9.17) is 14.9 Å². The molecule has 1 aliphatic heterocycles. The van der Waals surface area contributed by atoms with E-state index in [2.05, 4.69) is 15.3 Å². The second kappa shape index (κ2) is 5.18. The SMILES string of the molecule is C[C@@H](CO)Nc1ncc2c(n1)O[C@@H](C(=O)O)CC2. The van der Waals surface area contributed by atoms with Crippen LogP contribution in [0.25, 0.3) is 0 Å². The van der Waals surface area contributed by atoms with Crippen LogP contribution >= 0.6 is 0 Å². The first kappa shape index (κ1) is 12.6. The predicted molar refractivity (Wildman–Crippen MR) is 62.6 cm³/mol. The fourth-order valence-electron chi connectivity index (χ4n) is 1.65. The maximum absolute atomic E-state index is 10.9. The maximum atomic E-state index is 10.9. The smallest absolute Gasteiger partial charge is 0.344 e. The average Bonchev–Trinajstić information content (AvgIpc) is 2.37. The Bertz CT molecular complexity index is 452. The number of hydrogen-bond acceptors (Lipinski definition) is 6. The topological polar surface area (TPSA) is 105 Å². The van der Waals surface area contributed by atoms with Crippen molar-refractivity contribution in [2.45, 2.75) is 31.9 Å². The number of anilines is 1. The minimum absolute atomic E-state index is 0.0426. The normalized spacial score (nSPS) is 19.6. The number of ether oxygens (including phenoxy) is 1. The fraction of sp³-hybridized carbons (Fsp3) is 0.545. The molecule has 1 aromatic heterocycles. The second-order valence-corrected chi connectivity index (χ2v) is 4.24. The van der Waals surface area contributed by atoms with E-state index in [1.54, 1.807) is 13.1 Å². The van der Waals surface area contributed by atoms with E-state index < -0.39 is 12.1 Å². The Morgan fingerprint density at radius 1 is 1.72 bits per heavy atom. The summed E-state index contributed by atoms with van der Waals surface area (Å²) in [6.07, 6.45) is 1.77. The number of hydrogen-bond donors (Lipinski definition) is 3. The van der Waals surface area contributed by atoms with Crippen LogP contribution in [0.1, 0.15) is 18.9 Å². The van der Waals surface area contributed by atoms with E-state index in [-0.39, 0.29) is 12.6 Å². The van der Waals surface area contributed by atoms with Gasteiger partial charge in [-0.25, -0.2) is 9.78 Å². The van der Waals surface area contributed by atoms with Gasteiger partial charge >= 0.3 is 5.97 Å². The van der Waals surface area contributed by atoms with Gasteiger partial charge in [0.1, 0.15) is 0 Å². The molecule has 0 radical (unpaired) electrons. The van der Waals surface area contributed by atoms with Crippen molar-refractivity contribution in [3.63, 3.8) is 0 Å². The first-order valence-corrected chi connectivity index (χ1v) is 5.73. The van der Waals surface area contributed by atoms with E-state index in [9.17, 15) is 4.79 Å². The number of nitrogens with one attached hydrogen (secondary N) is 1. The van der Waals surface area contributed by atoms with Crippen LogP contribution < -0.4 is 10.1 Å². The third kappa shape index (κ3) is 2.67. The lowest BCUT2D eigenvalue weighted by molar-refractivity contribution is -0.146. The third-order valence-electron chi connectivity index (χ3n) is 2.68. The quantitative estimate of drug-likeness (QED) is 0.696. The number of aromatic nitrogens is 2. The summed E-state index contributed by atoms with van der Waals surface area (Å²) in [5.74, 6) is -0.366. The van der Waals surface area contributed by atoms with Crippen LogP contribution in [0.3, 0.4) is 0 Å². The lowest BCUT2D eigenvalue weighted by atomic mass is 10.1. The first-order valence-electron chi connectivity index (χ1n) is 5.73. The standard InChI is InChI=1S/C11H15N3O4/c1-6(5-15)13-11-12-4-7-2-3-8(10(16)17)18-9(7)14-11/h4,6,8,15H,2-3,5H2,1H3,(H,16,17)(H,12,13,14)/t6-,8+/m0/s1. The molecule has 1 aliphatic rings. The molecule has 0 bridgehead atoms. The van der Waals surface area contributed by atoms with Crippen molar-refractivity contribution in [2.75, 3.05) is 11.9 Å². The number of nitrogens with zero attached hydrogens (tertiary/aromatic N) is 2. The summed E-state index contributed by atoms with van der Waals surface area (Å²) in [6.45, 7) is 1.74. The van der Waals surface area contributed by atoms with Crippen LogP contribution in [0.2, 0.25) is 0 Å². The van der Waals surface area contributed by atoms with Crippen molar-refractivity contribution in [3.05, 3.63) is 11.8 Å². The molecular formula is C11H15N3O4. The molecular weight excluding hydrogens is 238 g/mol. The van der Waals surface area contributed by atoms with Crippen LogP contribution in [0.15, 0.2) is 6.20 Å². The van der Waals surface area contributed by atoms with E-state index in [1.165, 1.54) is 0 Å². The molecule has 0 aliphatic carbocycles. The maximum Gasteiger partial charge on any atom is 0.344 e. The number of carbonyl (C=O) groups is 1. The zero-order valence-electron chi connectivity index (χ0n) is 9.96. The molecule has 0 unspecified atom stereocenters. The molecule has 1 aromatic rings. The van der Waals surface area contributed by atoms with Crippen molar-refractivity contribution >= 4 is 11.9 Å². The molecule has 0 saturated heterocycles. The fourth-order valence-corrected chi connectivity index (χ4v) is 1.65. The van der Waals surface area contributed by atoms with E-state index in [0.29, 0.717) is 24.7 Å². The molecule has 18 heavy (non-hydrogen) atoms. The Kier molecular flexibility index (Phi) is 3.61. The Labute approximate surface area is 104 Å². The molecule has 3 N–H and O–H groups in total. The molecule has 0 aromatic carbocycles. The number of aliphatic hydroxyl groups excluding tert-OH is 1. The Balaban J connectivity index is 2.15. The zero-order valence-corrected chi connectivity index (χ0v) is 9.96. The number of aliphatic carboxylic acids is 1. The van der Waals surface area contributed by atoms with Crippen molar-refractivity contribution in [1.29, 1.82) is 0 Å². The highest BCUT2D eigenvalue weighted by molar-refractivity contribution is 5.73. The summed E-state index contributed by atoms with van der Waals surface area (Å²) in [6, 6.07) is -0.179. The largest absolute Gasteiger partial charge is 0.479 e. The number of carboxylic acids is 1. The molecule has 98 valence electrons. The molecule has 2 heterocycles. The Morgan fingerprint density at radius 3 is 3.17 bits per heavy atom.